The maximum absolute atomic E-state index is 11.9. The second-order valence-corrected chi connectivity index (χ2v) is 9.11. The van der Waals surface area contributed by atoms with Crippen LogP contribution < -0.4 is 0 Å². The zero-order valence-electron chi connectivity index (χ0n) is 23.9. The summed E-state index contributed by atoms with van der Waals surface area (Å²) in [6, 6.07) is 0. The van der Waals surface area contributed by atoms with E-state index in [1.165, 1.54) is 27.7 Å². The highest BCUT2D eigenvalue weighted by Gasteiger charge is 2.52. The topological polar surface area (TPSA) is 130 Å². The summed E-state index contributed by atoms with van der Waals surface area (Å²) >= 11 is 0. The van der Waals surface area contributed by atoms with Crippen LogP contribution in [0.5, 0.6) is 0 Å². The second kappa shape index (κ2) is 18.1. The molecule has 0 amide bonds. The predicted octanol–water partition coefficient (Wildman–Crippen LogP) is 1.53. The fourth-order valence-corrected chi connectivity index (χ4v) is 4.30. The van der Waals surface area contributed by atoms with Crippen LogP contribution in [0.1, 0.15) is 61.3 Å². The molecule has 1 saturated heterocycles. The van der Waals surface area contributed by atoms with Gasteiger partial charge in [-0.15, -0.1) is 0 Å². The first-order valence-electron chi connectivity index (χ1n) is 13.4. The van der Waals surface area contributed by atoms with Gasteiger partial charge in [0.25, 0.3) is 0 Å². The molecule has 0 N–H and O–H groups in total. The molecule has 1 fully saturated rings. The Bertz CT molecular complexity index is 746. The van der Waals surface area contributed by atoms with E-state index in [-0.39, 0.29) is 13.2 Å². The maximum Gasteiger partial charge on any atom is 0.303 e. The van der Waals surface area contributed by atoms with Crippen molar-refractivity contribution in [1.82, 2.24) is 9.80 Å². The Morgan fingerprint density at radius 1 is 0.658 bits per heavy atom. The molecule has 0 aliphatic carbocycles. The normalized spacial score (nSPS) is 23.2. The molecular weight excluding hydrogens is 500 g/mol. The lowest BCUT2D eigenvalue weighted by Gasteiger charge is -2.44. The average molecular weight is 547 g/mol. The molecule has 220 valence electrons. The lowest BCUT2D eigenvalue weighted by molar-refractivity contribution is -0.308. The van der Waals surface area contributed by atoms with Crippen LogP contribution in [0.25, 0.3) is 0 Å². The Labute approximate surface area is 226 Å². The van der Waals surface area contributed by atoms with Crippen molar-refractivity contribution in [3.8, 4) is 0 Å². The first kappa shape index (κ1) is 33.7. The van der Waals surface area contributed by atoms with Crippen LogP contribution in [0.2, 0.25) is 0 Å². The number of esters is 4. The van der Waals surface area contributed by atoms with E-state index in [1.54, 1.807) is 0 Å². The number of carbonyl (C=O) groups is 4. The van der Waals surface area contributed by atoms with Crippen LogP contribution in [0, 0.1) is 0 Å². The molecule has 12 nitrogen and oxygen atoms in total. The summed E-state index contributed by atoms with van der Waals surface area (Å²) in [5.74, 6) is -2.58. The summed E-state index contributed by atoms with van der Waals surface area (Å²) in [6.07, 6.45) is -4.05. The third-order valence-electron chi connectivity index (χ3n) is 6.14. The highest BCUT2D eigenvalue weighted by Crippen LogP contribution is 2.30. The van der Waals surface area contributed by atoms with Crippen LogP contribution in [0.15, 0.2) is 0 Å². The molecule has 1 aliphatic heterocycles. The van der Waals surface area contributed by atoms with Crippen LogP contribution in [-0.2, 0) is 47.6 Å². The van der Waals surface area contributed by atoms with Crippen molar-refractivity contribution in [2.45, 2.75) is 92.0 Å². The Balaban J connectivity index is 2.93. The van der Waals surface area contributed by atoms with Gasteiger partial charge in [0.2, 0.25) is 0 Å². The van der Waals surface area contributed by atoms with Crippen molar-refractivity contribution in [1.29, 1.82) is 0 Å². The van der Waals surface area contributed by atoms with Crippen molar-refractivity contribution in [2.24, 2.45) is 0 Å². The molecule has 0 saturated carbocycles. The smallest absolute Gasteiger partial charge is 0.303 e. The molecule has 0 bridgehead atoms. The first-order valence-corrected chi connectivity index (χ1v) is 13.4. The summed E-state index contributed by atoms with van der Waals surface area (Å²) in [4.78, 5) is 51.8. The average Bonchev–Trinajstić information content (AvgIpc) is 2.84. The van der Waals surface area contributed by atoms with Gasteiger partial charge >= 0.3 is 23.9 Å². The van der Waals surface area contributed by atoms with E-state index in [4.69, 9.17) is 28.4 Å². The Morgan fingerprint density at radius 2 is 1.16 bits per heavy atom. The minimum atomic E-state index is -1.23. The van der Waals surface area contributed by atoms with E-state index in [2.05, 4.69) is 30.6 Å². The molecule has 1 rings (SSSR count). The lowest BCUT2D eigenvalue weighted by Crippen LogP contribution is -2.63. The molecule has 5 atom stereocenters. The predicted molar refractivity (Wildman–Crippen MR) is 137 cm³/mol. The molecule has 12 heteroatoms. The fourth-order valence-electron chi connectivity index (χ4n) is 4.30. The van der Waals surface area contributed by atoms with E-state index in [9.17, 15) is 19.2 Å². The molecule has 5 unspecified atom stereocenters. The van der Waals surface area contributed by atoms with Crippen LogP contribution in [-0.4, -0.2) is 117 Å². The van der Waals surface area contributed by atoms with Gasteiger partial charge in [0.1, 0.15) is 12.7 Å². The molecule has 1 aliphatic rings. The van der Waals surface area contributed by atoms with Crippen molar-refractivity contribution in [3.05, 3.63) is 0 Å². The molecule has 0 spiro atoms. The van der Waals surface area contributed by atoms with Gasteiger partial charge in [0.05, 0.1) is 6.61 Å². The van der Waals surface area contributed by atoms with E-state index in [0.29, 0.717) is 6.42 Å². The van der Waals surface area contributed by atoms with Gasteiger partial charge in [0.15, 0.2) is 24.6 Å². The van der Waals surface area contributed by atoms with Crippen LogP contribution in [0.4, 0.5) is 0 Å². The summed E-state index contributed by atoms with van der Waals surface area (Å²) in [6.45, 7) is 17.0. The molecule has 0 aromatic rings. The van der Waals surface area contributed by atoms with Gasteiger partial charge in [-0.1, -0.05) is 20.8 Å². The van der Waals surface area contributed by atoms with Crippen molar-refractivity contribution in [2.75, 3.05) is 52.5 Å². The first-order chi connectivity index (χ1) is 18.0. The van der Waals surface area contributed by atoms with Gasteiger partial charge in [-0.25, -0.2) is 0 Å². The van der Waals surface area contributed by atoms with Crippen molar-refractivity contribution < 1.29 is 47.6 Å². The number of rotatable bonds is 17. The van der Waals surface area contributed by atoms with E-state index >= 15 is 0 Å². The largest absolute Gasteiger partial charge is 0.463 e. The van der Waals surface area contributed by atoms with Gasteiger partial charge in [-0.05, 0) is 45.6 Å². The molecule has 0 aromatic heterocycles. The number of nitrogens with zero attached hydrogens (tertiary/aromatic N) is 2. The number of ether oxygens (including phenoxy) is 6. The molecule has 0 radical (unpaired) electrons. The minimum Gasteiger partial charge on any atom is -0.463 e. The Hall–Kier alpha value is -2.28. The van der Waals surface area contributed by atoms with E-state index in [0.717, 1.165) is 45.7 Å². The zero-order chi connectivity index (χ0) is 28.7. The summed E-state index contributed by atoms with van der Waals surface area (Å²) < 4.78 is 33.2. The number of hydrogen-bond acceptors (Lipinski definition) is 12. The maximum atomic E-state index is 11.9. The fraction of sp³-hybridized carbons (Fsp3) is 0.846. The zero-order valence-corrected chi connectivity index (χ0v) is 23.9. The second-order valence-electron chi connectivity index (χ2n) is 9.11. The number of hydrogen-bond donors (Lipinski definition) is 0. The third-order valence-corrected chi connectivity index (χ3v) is 6.14. The summed E-state index contributed by atoms with van der Waals surface area (Å²) in [7, 11) is 0. The molecule has 38 heavy (non-hydrogen) atoms. The highest BCUT2D eigenvalue weighted by molar-refractivity contribution is 5.68. The Morgan fingerprint density at radius 3 is 1.68 bits per heavy atom. The lowest BCUT2D eigenvalue weighted by atomic mass is 9.98. The van der Waals surface area contributed by atoms with Gasteiger partial charge in [-0.3, -0.25) is 19.2 Å². The molecular formula is C26H46N2O10. The van der Waals surface area contributed by atoms with Crippen molar-refractivity contribution in [3.63, 3.8) is 0 Å². The van der Waals surface area contributed by atoms with Crippen molar-refractivity contribution >= 4 is 23.9 Å². The summed E-state index contributed by atoms with van der Waals surface area (Å²) in [5.41, 5.74) is 0. The monoisotopic (exact) mass is 546 g/mol. The van der Waals surface area contributed by atoms with E-state index in [1.807, 2.05) is 0 Å². The molecule has 0 aromatic carbocycles. The standard InChI is InChI=1S/C26H46N2O10/c1-8-27(9-2)13-11-14-28(10-3)15-12-16-33-26-25(37-21(7)32)24(36-20(6)31)23(35-19(5)30)22(38-26)17-34-18(4)29/h22-26H,8-17H2,1-7H3. The quantitative estimate of drug-likeness (QED) is 0.149. The van der Waals surface area contributed by atoms with Crippen LogP contribution in [0.3, 0.4) is 0 Å². The van der Waals surface area contributed by atoms with Gasteiger partial charge in [-0.2, -0.15) is 0 Å². The highest BCUT2D eigenvalue weighted by atomic mass is 16.7. The minimum absolute atomic E-state index is 0.264. The van der Waals surface area contributed by atoms with Gasteiger partial charge < -0.3 is 38.2 Å². The third kappa shape index (κ3) is 12.5. The van der Waals surface area contributed by atoms with Gasteiger partial charge in [0, 0.05) is 34.2 Å². The number of carbonyl (C=O) groups excluding carboxylic acids is 4. The molecule has 1 heterocycles. The van der Waals surface area contributed by atoms with Crippen LogP contribution >= 0.6 is 0 Å². The van der Waals surface area contributed by atoms with E-state index < -0.39 is 54.6 Å². The Kier molecular flexibility index (Phi) is 16.1. The SMILES string of the molecule is CCN(CC)CCCN(CC)CCCOC1OC(COC(C)=O)C(OC(C)=O)C(OC(C)=O)C1OC(C)=O. The summed E-state index contributed by atoms with van der Waals surface area (Å²) in [5, 5.41) is 0.